The lowest BCUT2D eigenvalue weighted by Gasteiger charge is -2.28. The van der Waals surface area contributed by atoms with E-state index in [0.29, 0.717) is 17.4 Å². The summed E-state index contributed by atoms with van der Waals surface area (Å²) in [5.74, 6) is 1.78. The molecule has 2 atom stereocenters. The molecule has 2 rings (SSSR count). The normalized spacial score (nSPS) is 13.8. The van der Waals surface area contributed by atoms with Gasteiger partial charge in [-0.25, -0.2) is 0 Å². The molecule has 2 unspecified atom stereocenters. The molecular formula is C24H34O2. The second kappa shape index (κ2) is 9.12. The minimum Gasteiger partial charge on any atom is -0.507 e. The van der Waals surface area contributed by atoms with E-state index >= 15 is 0 Å². The van der Waals surface area contributed by atoms with Crippen LogP contribution in [0.25, 0.3) is 0 Å². The Balaban J connectivity index is 2.39. The van der Waals surface area contributed by atoms with Gasteiger partial charge in [0.05, 0.1) is 0 Å². The van der Waals surface area contributed by atoms with Gasteiger partial charge in [0.25, 0.3) is 0 Å². The van der Waals surface area contributed by atoms with Crippen molar-refractivity contribution in [3.8, 4) is 11.5 Å². The summed E-state index contributed by atoms with van der Waals surface area (Å²) < 4.78 is 0. The van der Waals surface area contributed by atoms with Crippen molar-refractivity contribution >= 4 is 0 Å². The predicted molar refractivity (Wildman–Crippen MR) is 110 cm³/mol. The number of para-hydroxylation sites is 2. The molecule has 0 heterocycles. The SMILES string of the molecule is CCC(C)CCCC(C)C(c1cccc(C)c1O)c1cccc(C)c1O. The van der Waals surface area contributed by atoms with Crippen LogP contribution in [0.15, 0.2) is 36.4 Å². The summed E-state index contributed by atoms with van der Waals surface area (Å²) in [6.45, 7) is 10.7. The van der Waals surface area contributed by atoms with Crippen molar-refractivity contribution in [3.05, 3.63) is 58.7 Å². The lowest BCUT2D eigenvalue weighted by Crippen LogP contribution is -2.13. The maximum atomic E-state index is 10.7. The van der Waals surface area contributed by atoms with Crippen LogP contribution < -0.4 is 0 Å². The molecule has 0 spiro atoms. The number of hydrogen-bond donors (Lipinski definition) is 2. The first kappa shape index (κ1) is 20.4. The van der Waals surface area contributed by atoms with Gasteiger partial charge in [-0.15, -0.1) is 0 Å². The van der Waals surface area contributed by atoms with Crippen molar-refractivity contribution in [3.63, 3.8) is 0 Å². The third kappa shape index (κ3) is 4.60. The van der Waals surface area contributed by atoms with E-state index in [0.717, 1.165) is 34.6 Å². The van der Waals surface area contributed by atoms with E-state index in [1.165, 1.54) is 19.3 Å². The van der Waals surface area contributed by atoms with Crippen LogP contribution in [0.4, 0.5) is 0 Å². The molecule has 0 amide bonds. The highest BCUT2D eigenvalue weighted by atomic mass is 16.3. The van der Waals surface area contributed by atoms with Crippen LogP contribution in [0.3, 0.4) is 0 Å². The first-order valence-electron chi connectivity index (χ1n) is 9.93. The van der Waals surface area contributed by atoms with Gasteiger partial charge >= 0.3 is 0 Å². The van der Waals surface area contributed by atoms with Crippen molar-refractivity contribution in [1.82, 2.24) is 0 Å². The van der Waals surface area contributed by atoms with Gasteiger partial charge in [-0.1, -0.05) is 76.4 Å². The molecular weight excluding hydrogens is 320 g/mol. The van der Waals surface area contributed by atoms with Crippen LogP contribution in [0.5, 0.6) is 11.5 Å². The molecule has 2 heteroatoms. The number of aryl methyl sites for hydroxylation is 2. The molecule has 142 valence electrons. The van der Waals surface area contributed by atoms with Gasteiger partial charge in [0, 0.05) is 17.0 Å². The molecule has 0 bridgehead atoms. The zero-order valence-electron chi connectivity index (χ0n) is 16.9. The van der Waals surface area contributed by atoms with Crippen molar-refractivity contribution in [1.29, 1.82) is 0 Å². The summed E-state index contributed by atoms with van der Waals surface area (Å²) >= 11 is 0. The Labute approximate surface area is 158 Å². The summed E-state index contributed by atoms with van der Waals surface area (Å²) in [5, 5.41) is 21.4. The van der Waals surface area contributed by atoms with Crippen LogP contribution in [-0.4, -0.2) is 10.2 Å². The minimum atomic E-state index is -0.00765. The molecule has 2 N–H and O–H groups in total. The zero-order valence-corrected chi connectivity index (χ0v) is 16.9. The Morgan fingerprint density at radius 2 is 1.31 bits per heavy atom. The number of phenols is 2. The Hall–Kier alpha value is -1.96. The van der Waals surface area contributed by atoms with E-state index < -0.39 is 0 Å². The molecule has 0 aliphatic heterocycles. The van der Waals surface area contributed by atoms with Crippen LogP contribution in [0, 0.1) is 25.7 Å². The highest BCUT2D eigenvalue weighted by molar-refractivity contribution is 5.51. The molecule has 0 fully saturated rings. The average molecular weight is 355 g/mol. The molecule has 26 heavy (non-hydrogen) atoms. The van der Waals surface area contributed by atoms with Crippen LogP contribution in [0.1, 0.15) is 74.6 Å². The fraction of sp³-hybridized carbons (Fsp3) is 0.500. The molecule has 2 aromatic rings. The minimum absolute atomic E-state index is 0.00765. The highest BCUT2D eigenvalue weighted by Crippen LogP contribution is 2.43. The van der Waals surface area contributed by atoms with E-state index in [9.17, 15) is 10.2 Å². The summed E-state index contributed by atoms with van der Waals surface area (Å²) in [4.78, 5) is 0. The topological polar surface area (TPSA) is 40.5 Å². The molecule has 0 aliphatic carbocycles. The van der Waals surface area contributed by atoms with Gasteiger partial charge < -0.3 is 10.2 Å². The van der Waals surface area contributed by atoms with Crippen LogP contribution in [-0.2, 0) is 0 Å². The second-order valence-corrected chi connectivity index (χ2v) is 7.92. The highest BCUT2D eigenvalue weighted by Gasteiger charge is 2.27. The maximum Gasteiger partial charge on any atom is 0.122 e. The van der Waals surface area contributed by atoms with Gasteiger partial charge in [0.1, 0.15) is 11.5 Å². The summed E-state index contributed by atoms with van der Waals surface area (Å²) in [5.41, 5.74) is 3.60. The summed E-state index contributed by atoms with van der Waals surface area (Å²) in [6.07, 6.45) is 4.70. The van der Waals surface area contributed by atoms with Crippen molar-refractivity contribution in [2.75, 3.05) is 0 Å². The van der Waals surface area contributed by atoms with Gasteiger partial charge in [-0.05, 0) is 43.2 Å². The van der Waals surface area contributed by atoms with Gasteiger partial charge in [0.2, 0.25) is 0 Å². The fourth-order valence-electron chi connectivity index (χ4n) is 3.80. The first-order valence-corrected chi connectivity index (χ1v) is 9.93. The zero-order chi connectivity index (χ0) is 19.3. The number of hydrogen-bond acceptors (Lipinski definition) is 2. The Morgan fingerprint density at radius 3 is 1.77 bits per heavy atom. The monoisotopic (exact) mass is 354 g/mol. The van der Waals surface area contributed by atoms with Gasteiger partial charge in [-0.3, -0.25) is 0 Å². The standard InChI is InChI=1S/C24H34O2/c1-6-16(2)10-7-11-17(3)22(20-14-8-12-18(4)23(20)25)21-15-9-13-19(5)24(21)26/h8-9,12-17,22,25-26H,6-7,10-11H2,1-5H3. The van der Waals surface area contributed by atoms with Gasteiger partial charge in [0.15, 0.2) is 0 Å². The summed E-state index contributed by atoms with van der Waals surface area (Å²) in [7, 11) is 0. The largest absolute Gasteiger partial charge is 0.507 e. The number of aromatic hydroxyl groups is 2. The van der Waals surface area contributed by atoms with Crippen molar-refractivity contribution in [2.45, 2.75) is 66.2 Å². The van der Waals surface area contributed by atoms with Crippen molar-refractivity contribution < 1.29 is 10.2 Å². The molecule has 0 saturated heterocycles. The Bertz CT molecular complexity index is 669. The third-order valence-electron chi connectivity index (χ3n) is 5.83. The van der Waals surface area contributed by atoms with Crippen LogP contribution >= 0.6 is 0 Å². The smallest absolute Gasteiger partial charge is 0.122 e. The quantitative estimate of drug-likeness (QED) is 0.554. The molecule has 0 aliphatic rings. The van der Waals surface area contributed by atoms with E-state index in [1.54, 1.807) is 0 Å². The lowest BCUT2D eigenvalue weighted by molar-refractivity contribution is 0.386. The fourth-order valence-corrected chi connectivity index (χ4v) is 3.80. The second-order valence-electron chi connectivity index (χ2n) is 7.92. The van der Waals surface area contributed by atoms with Crippen LogP contribution in [0.2, 0.25) is 0 Å². The Morgan fingerprint density at radius 1 is 0.808 bits per heavy atom. The molecule has 0 saturated carbocycles. The number of phenolic OH excluding ortho intramolecular Hbond substituents is 2. The van der Waals surface area contributed by atoms with E-state index in [-0.39, 0.29) is 5.92 Å². The summed E-state index contributed by atoms with van der Waals surface area (Å²) in [6, 6.07) is 11.9. The van der Waals surface area contributed by atoms with E-state index in [2.05, 4.69) is 20.8 Å². The predicted octanol–water partition coefficient (Wildman–Crippen LogP) is 6.70. The molecule has 2 nitrogen and oxygen atoms in total. The van der Waals surface area contributed by atoms with Gasteiger partial charge in [-0.2, -0.15) is 0 Å². The van der Waals surface area contributed by atoms with E-state index in [1.807, 2.05) is 50.2 Å². The molecule has 0 aromatic heterocycles. The number of benzene rings is 2. The maximum absolute atomic E-state index is 10.7. The first-order chi connectivity index (χ1) is 12.4. The average Bonchev–Trinajstić information content (AvgIpc) is 2.62. The Kier molecular flexibility index (Phi) is 7.14. The lowest BCUT2D eigenvalue weighted by atomic mass is 9.77. The van der Waals surface area contributed by atoms with E-state index in [4.69, 9.17) is 0 Å². The third-order valence-corrected chi connectivity index (χ3v) is 5.83. The number of rotatable bonds is 8. The molecule has 2 aromatic carbocycles. The molecule has 0 radical (unpaired) electrons. The van der Waals surface area contributed by atoms with Crippen molar-refractivity contribution in [2.24, 2.45) is 11.8 Å².